The van der Waals surface area contributed by atoms with Crippen LogP contribution >= 0.6 is 15.9 Å². The molecule has 1 aliphatic carbocycles. The molecule has 0 spiro atoms. The number of esters is 1. The average molecular weight is 376 g/mol. The molecule has 0 radical (unpaired) electrons. The molecule has 0 saturated heterocycles. The maximum Gasteiger partial charge on any atom is 0.310 e. The molecule has 0 amide bonds. The minimum atomic E-state index is -3.62. The van der Waals surface area contributed by atoms with Crippen molar-refractivity contribution in [2.45, 2.75) is 31.4 Å². The van der Waals surface area contributed by atoms with Gasteiger partial charge in [-0.1, -0.05) is 22.4 Å². The number of ether oxygens (including phenoxy) is 1. The normalized spacial score (nSPS) is 22.0. The molecule has 1 aliphatic rings. The summed E-state index contributed by atoms with van der Waals surface area (Å²) in [6.07, 6.45) is 1.74. The van der Waals surface area contributed by atoms with Crippen molar-refractivity contribution in [1.82, 2.24) is 0 Å². The lowest BCUT2D eigenvalue weighted by molar-refractivity contribution is -0.145. The lowest BCUT2D eigenvalue weighted by atomic mass is 10.1. The second-order valence-corrected chi connectivity index (χ2v) is 8.02. The highest BCUT2D eigenvalue weighted by Crippen LogP contribution is 2.33. The van der Waals surface area contributed by atoms with Gasteiger partial charge in [-0.3, -0.25) is 9.52 Å². The molecule has 21 heavy (non-hydrogen) atoms. The number of hydrogen-bond acceptors (Lipinski definition) is 4. The lowest BCUT2D eigenvalue weighted by Crippen LogP contribution is -2.35. The third kappa shape index (κ3) is 3.58. The summed E-state index contributed by atoms with van der Waals surface area (Å²) in [5.41, 5.74) is 1.36. The highest BCUT2D eigenvalue weighted by molar-refractivity contribution is 9.10. The van der Waals surface area contributed by atoms with E-state index in [-0.39, 0.29) is 0 Å². The van der Waals surface area contributed by atoms with Gasteiger partial charge in [-0.05, 0) is 43.5 Å². The molecule has 2 atom stereocenters. The monoisotopic (exact) mass is 375 g/mol. The van der Waals surface area contributed by atoms with Crippen molar-refractivity contribution in [3.05, 3.63) is 28.2 Å². The van der Waals surface area contributed by atoms with Crippen LogP contribution in [0.2, 0.25) is 0 Å². The zero-order valence-corrected chi connectivity index (χ0v) is 14.3. The van der Waals surface area contributed by atoms with Gasteiger partial charge in [0.25, 0.3) is 0 Å². The van der Waals surface area contributed by atoms with Gasteiger partial charge in [-0.15, -0.1) is 0 Å². The number of halogens is 1. The largest absolute Gasteiger partial charge is 0.469 e. The number of benzene rings is 1. The third-order valence-corrected chi connectivity index (χ3v) is 6.15. The van der Waals surface area contributed by atoms with E-state index in [0.29, 0.717) is 24.9 Å². The van der Waals surface area contributed by atoms with Crippen LogP contribution in [0.15, 0.2) is 22.7 Å². The van der Waals surface area contributed by atoms with Gasteiger partial charge in [0.05, 0.1) is 24.0 Å². The Kier molecular flexibility index (Phi) is 4.93. The molecule has 5 nitrogen and oxygen atoms in total. The van der Waals surface area contributed by atoms with Crippen molar-refractivity contribution in [3.63, 3.8) is 0 Å². The van der Waals surface area contributed by atoms with Gasteiger partial charge in [-0.25, -0.2) is 8.42 Å². The van der Waals surface area contributed by atoms with E-state index in [9.17, 15) is 13.2 Å². The quantitative estimate of drug-likeness (QED) is 0.821. The van der Waals surface area contributed by atoms with E-state index in [2.05, 4.69) is 20.7 Å². The van der Waals surface area contributed by atoms with Crippen LogP contribution in [-0.2, 0) is 19.6 Å². The molecule has 7 heteroatoms. The Morgan fingerprint density at radius 3 is 2.71 bits per heavy atom. The second-order valence-electron chi connectivity index (χ2n) is 5.21. The molecule has 0 heterocycles. The SMILES string of the molecule is COC(=O)C1CCCC1S(=O)(=O)Nc1ccc(Br)cc1C. The number of rotatable bonds is 4. The van der Waals surface area contributed by atoms with E-state index in [4.69, 9.17) is 4.74 Å². The number of carbonyl (C=O) groups is 1. The molecule has 0 bridgehead atoms. The first-order chi connectivity index (χ1) is 9.85. The fourth-order valence-electron chi connectivity index (χ4n) is 2.69. The minimum Gasteiger partial charge on any atom is -0.469 e. The van der Waals surface area contributed by atoms with Gasteiger partial charge in [0.1, 0.15) is 0 Å². The van der Waals surface area contributed by atoms with Crippen molar-refractivity contribution >= 4 is 37.6 Å². The summed E-state index contributed by atoms with van der Waals surface area (Å²) in [5.74, 6) is -1.03. The van der Waals surface area contributed by atoms with Gasteiger partial charge in [0.2, 0.25) is 10.0 Å². The summed E-state index contributed by atoms with van der Waals surface area (Å²) in [4.78, 5) is 11.7. The maximum absolute atomic E-state index is 12.5. The van der Waals surface area contributed by atoms with Crippen molar-refractivity contribution in [2.75, 3.05) is 11.8 Å². The topological polar surface area (TPSA) is 72.5 Å². The van der Waals surface area contributed by atoms with E-state index in [1.54, 1.807) is 12.1 Å². The molecular weight excluding hydrogens is 358 g/mol. The average Bonchev–Trinajstić information content (AvgIpc) is 2.91. The Bertz CT molecular complexity index is 644. The van der Waals surface area contributed by atoms with Crippen molar-refractivity contribution < 1.29 is 17.9 Å². The molecule has 2 rings (SSSR count). The molecule has 0 aromatic heterocycles. The number of sulfonamides is 1. The van der Waals surface area contributed by atoms with Crippen LogP contribution in [0, 0.1) is 12.8 Å². The first-order valence-corrected chi connectivity index (χ1v) is 9.04. The molecule has 1 N–H and O–H groups in total. The van der Waals surface area contributed by atoms with Crippen LogP contribution in [0.5, 0.6) is 0 Å². The summed E-state index contributed by atoms with van der Waals surface area (Å²) < 4.78 is 33.3. The number of anilines is 1. The van der Waals surface area contributed by atoms with Gasteiger partial charge in [-0.2, -0.15) is 0 Å². The van der Waals surface area contributed by atoms with Crippen LogP contribution in [0.4, 0.5) is 5.69 Å². The fraction of sp³-hybridized carbons (Fsp3) is 0.500. The number of hydrogen-bond donors (Lipinski definition) is 1. The third-order valence-electron chi connectivity index (χ3n) is 3.80. The lowest BCUT2D eigenvalue weighted by Gasteiger charge is -2.20. The van der Waals surface area contributed by atoms with Gasteiger partial charge >= 0.3 is 5.97 Å². The Balaban J connectivity index is 2.23. The van der Waals surface area contributed by atoms with E-state index in [1.165, 1.54) is 7.11 Å². The Morgan fingerprint density at radius 2 is 2.10 bits per heavy atom. The number of methoxy groups -OCH3 is 1. The molecular formula is C14H18BrNO4S. The molecule has 2 unspecified atom stereocenters. The number of nitrogens with one attached hydrogen (secondary N) is 1. The van der Waals surface area contributed by atoms with E-state index >= 15 is 0 Å². The second kappa shape index (κ2) is 6.36. The summed E-state index contributed by atoms with van der Waals surface area (Å²) in [7, 11) is -2.33. The van der Waals surface area contributed by atoms with Gasteiger partial charge < -0.3 is 4.74 Å². The first kappa shape index (κ1) is 16.3. The smallest absolute Gasteiger partial charge is 0.310 e. The zero-order chi connectivity index (χ0) is 15.6. The van der Waals surface area contributed by atoms with Crippen molar-refractivity contribution in [1.29, 1.82) is 0 Å². The highest BCUT2D eigenvalue weighted by Gasteiger charge is 2.42. The Labute approximate surface area is 133 Å². The fourth-order valence-corrected chi connectivity index (χ4v) is 5.01. The summed E-state index contributed by atoms with van der Waals surface area (Å²) in [5, 5.41) is -0.729. The van der Waals surface area contributed by atoms with Crippen LogP contribution in [0.1, 0.15) is 24.8 Å². The van der Waals surface area contributed by atoms with Crippen LogP contribution in [0.25, 0.3) is 0 Å². The van der Waals surface area contributed by atoms with Gasteiger partial charge in [0, 0.05) is 4.47 Å². The van der Waals surface area contributed by atoms with Crippen LogP contribution in [0.3, 0.4) is 0 Å². The summed E-state index contributed by atoms with van der Waals surface area (Å²) in [6, 6.07) is 5.32. The predicted molar refractivity (Wildman–Crippen MR) is 84.6 cm³/mol. The Morgan fingerprint density at radius 1 is 1.38 bits per heavy atom. The standard InChI is InChI=1S/C14H18BrNO4S/c1-9-8-10(15)6-7-12(9)16-21(18,19)13-5-3-4-11(13)14(17)20-2/h6-8,11,13,16H,3-5H2,1-2H3. The summed E-state index contributed by atoms with van der Waals surface area (Å²) >= 11 is 3.34. The first-order valence-electron chi connectivity index (χ1n) is 6.71. The molecule has 0 aliphatic heterocycles. The maximum atomic E-state index is 12.5. The van der Waals surface area contributed by atoms with E-state index in [1.807, 2.05) is 13.0 Å². The molecule has 1 aromatic carbocycles. The Hall–Kier alpha value is -1.08. The number of carbonyl (C=O) groups excluding carboxylic acids is 1. The van der Waals surface area contributed by atoms with E-state index in [0.717, 1.165) is 10.0 Å². The predicted octanol–water partition coefficient (Wildman–Crippen LogP) is 2.84. The van der Waals surface area contributed by atoms with Crippen LogP contribution in [-0.4, -0.2) is 26.7 Å². The minimum absolute atomic E-state index is 0.449. The molecule has 116 valence electrons. The molecule has 1 aromatic rings. The molecule has 1 fully saturated rings. The van der Waals surface area contributed by atoms with Crippen molar-refractivity contribution in [3.8, 4) is 0 Å². The number of aryl methyl sites for hydroxylation is 1. The van der Waals surface area contributed by atoms with Gasteiger partial charge in [0.15, 0.2) is 0 Å². The van der Waals surface area contributed by atoms with Crippen molar-refractivity contribution in [2.24, 2.45) is 5.92 Å². The summed E-state index contributed by atoms with van der Waals surface area (Å²) in [6.45, 7) is 1.83. The van der Waals surface area contributed by atoms with Crippen LogP contribution < -0.4 is 4.72 Å². The highest BCUT2D eigenvalue weighted by atomic mass is 79.9. The zero-order valence-electron chi connectivity index (χ0n) is 11.9. The van der Waals surface area contributed by atoms with E-state index < -0.39 is 27.2 Å². The molecule has 1 saturated carbocycles.